The van der Waals surface area contributed by atoms with Crippen molar-refractivity contribution in [1.82, 2.24) is 0 Å². The molecular formula is C9H14O4. The third-order valence-corrected chi connectivity index (χ3v) is 2.42. The van der Waals surface area contributed by atoms with Gasteiger partial charge in [-0.05, 0) is 13.3 Å². The molecule has 74 valence electrons. The molecule has 0 amide bonds. The van der Waals surface area contributed by atoms with Crippen molar-refractivity contribution in [2.24, 2.45) is 5.41 Å². The Kier molecular flexibility index (Phi) is 2.90. The van der Waals surface area contributed by atoms with Gasteiger partial charge in [-0.25, -0.2) is 0 Å². The Morgan fingerprint density at radius 3 is 2.69 bits per heavy atom. The van der Waals surface area contributed by atoms with Crippen molar-refractivity contribution in [2.45, 2.75) is 26.7 Å². The molecule has 13 heavy (non-hydrogen) atoms. The molecule has 4 nitrogen and oxygen atoms in total. The average Bonchev–Trinajstić information content (AvgIpc) is 2.48. The summed E-state index contributed by atoms with van der Waals surface area (Å²) in [6.07, 6.45) is 0.895. The Labute approximate surface area is 77.2 Å². The number of cyclic esters (lactones) is 1. The van der Waals surface area contributed by atoms with Gasteiger partial charge in [0.1, 0.15) is 0 Å². The Bertz CT molecular complexity index is 224. The second-order valence-corrected chi connectivity index (χ2v) is 3.04. The van der Waals surface area contributed by atoms with Gasteiger partial charge in [-0.3, -0.25) is 9.59 Å². The molecule has 0 aromatic rings. The van der Waals surface area contributed by atoms with Gasteiger partial charge in [0.2, 0.25) is 0 Å². The highest BCUT2D eigenvalue weighted by Gasteiger charge is 2.50. The number of hydrogen-bond donors (Lipinski definition) is 0. The van der Waals surface area contributed by atoms with Crippen LogP contribution in [0.5, 0.6) is 0 Å². The first kappa shape index (κ1) is 10.0. The highest BCUT2D eigenvalue weighted by atomic mass is 16.6. The molecular weight excluding hydrogens is 172 g/mol. The second kappa shape index (κ2) is 3.77. The summed E-state index contributed by atoms with van der Waals surface area (Å²) in [5.74, 6) is -0.881. The molecule has 0 aromatic heterocycles. The zero-order valence-electron chi connectivity index (χ0n) is 7.96. The fourth-order valence-electron chi connectivity index (χ4n) is 1.48. The topological polar surface area (TPSA) is 52.6 Å². The third kappa shape index (κ3) is 1.53. The van der Waals surface area contributed by atoms with Crippen LogP contribution in [0.3, 0.4) is 0 Å². The fraction of sp³-hybridized carbons (Fsp3) is 0.778. The van der Waals surface area contributed by atoms with Gasteiger partial charge in [0.05, 0.1) is 13.2 Å². The van der Waals surface area contributed by atoms with Gasteiger partial charge in [-0.2, -0.15) is 0 Å². The molecule has 0 radical (unpaired) electrons. The molecule has 0 aromatic carbocycles. The van der Waals surface area contributed by atoms with Crippen LogP contribution in [0.1, 0.15) is 26.7 Å². The van der Waals surface area contributed by atoms with E-state index >= 15 is 0 Å². The summed E-state index contributed by atoms with van der Waals surface area (Å²) < 4.78 is 9.64. The van der Waals surface area contributed by atoms with E-state index in [-0.39, 0.29) is 0 Å². The van der Waals surface area contributed by atoms with E-state index in [1.165, 1.54) is 0 Å². The highest BCUT2D eigenvalue weighted by molar-refractivity contribution is 6.01. The van der Waals surface area contributed by atoms with Gasteiger partial charge in [0.15, 0.2) is 5.41 Å². The molecule has 0 bridgehead atoms. The van der Waals surface area contributed by atoms with Crippen LogP contribution in [0.15, 0.2) is 0 Å². The van der Waals surface area contributed by atoms with E-state index in [9.17, 15) is 9.59 Å². The summed E-state index contributed by atoms with van der Waals surface area (Å²) in [7, 11) is 0. The first-order valence-corrected chi connectivity index (χ1v) is 4.52. The van der Waals surface area contributed by atoms with E-state index in [0.717, 1.165) is 0 Å². The van der Waals surface area contributed by atoms with Crippen molar-refractivity contribution in [2.75, 3.05) is 13.2 Å². The lowest BCUT2D eigenvalue weighted by atomic mass is 9.84. The number of esters is 2. The molecule has 1 aliphatic heterocycles. The van der Waals surface area contributed by atoms with Crippen LogP contribution in [0.4, 0.5) is 0 Å². The van der Waals surface area contributed by atoms with E-state index in [1.54, 1.807) is 13.8 Å². The van der Waals surface area contributed by atoms with Gasteiger partial charge in [-0.1, -0.05) is 6.92 Å². The lowest BCUT2D eigenvalue weighted by molar-refractivity contribution is -0.164. The van der Waals surface area contributed by atoms with Gasteiger partial charge in [0, 0.05) is 6.42 Å². The van der Waals surface area contributed by atoms with Crippen molar-refractivity contribution in [3.05, 3.63) is 0 Å². The molecule has 1 fully saturated rings. The van der Waals surface area contributed by atoms with Gasteiger partial charge in [0.25, 0.3) is 0 Å². The first-order valence-electron chi connectivity index (χ1n) is 4.52. The van der Waals surface area contributed by atoms with Crippen molar-refractivity contribution < 1.29 is 19.1 Å². The zero-order valence-corrected chi connectivity index (χ0v) is 7.96. The molecule has 0 unspecified atom stereocenters. The minimum atomic E-state index is -1.02. The van der Waals surface area contributed by atoms with Crippen molar-refractivity contribution in [1.29, 1.82) is 0 Å². The van der Waals surface area contributed by atoms with Crippen molar-refractivity contribution >= 4 is 11.9 Å². The summed E-state index contributed by atoms with van der Waals surface area (Å²) in [6, 6.07) is 0. The first-order chi connectivity index (χ1) is 6.17. The Morgan fingerprint density at radius 2 is 2.31 bits per heavy atom. The molecule has 1 aliphatic rings. The van der Waals surface area contributed by atoms with Crippen LogP contribution in [-0.2, 0) is 19.1 Å². The maximum atomic E-state index is 11.5. The molecule has 4 heteroatoms. The smallest absolute Gasteiger partial charge is 0.323 e. The number of hydrogen-bond acceptors (Lipinski definition) is 4. The summed E-state index contributed by atoms with van der Waals surface area (Å²) in [5.41, 5.74) is -1.02. The van der Waals surface area contributed by atoms with Gasteiger partial charge in [-0.15, -0.1) is 0 Å². The second-order valence-electron chi connectivity index (χ2n) is 3.04. The Hall–Kier alpha value is -1.06. The summed E-state index contributed by atoms with van der Waals surface area (Å²) in [4.78, 5) is 22.8. The average molecular weight is 186 g/mol. The predicted octanol–water partition coefficient (Wildman–Crippen LogP) is 0.893. The number of carbonyl (C=O) groups is 2. The Morgan fingerprint density at radius 1 is 1.62 bits per heavy atom. The van der Waals surface area contributed by atoms with E-state index in [1.807, 2.05) is 0 Å². The van der Waals surface area contributed by atoms with E-state index in [4.69, 9.17) is 9.47 Å². The summed E-state index contributed by atoms with van der Waals surface area (Å²) in [5, 5.41) is 0. The van der Waals surface area contributed by atoms with Crippen molar-refractivity contribution in [3.8, 4) is 0 Å². The molecule has 0 aliphatic carbocycles. The van der Waals surface area contributed by atoms with Crippen LogP contribution in [0.25, 0.3) is 0 Å². The Balaban J connectivity index is 2.80. The van der Waals surface area contributed by atoms with E-state index in [2.05, 4.69) is 0 Å². The van der Waals surface area contributed by atoms with Crippen LogP contribution in [0, 0.1) is 5.41 Å². The van der Waals surface area contributed by atoms with Crippen LogP contribution in [-0.4, -0.2) is 25.2 Å². The molecule has 1 atom stereocenters. The normalized spacial score (nSPS) is 27.1. The standard InChI is InChI=1S/C9H14O4/c1-3-9(7(10)12-4-2)5-6-13-8(9)11/h3-6H2,1-2H3/t9-/m0/s1. The van der Waals surface area contributed by atoms with E-state index in [0.29, 0.717) is 26.1 Å². The number of ether oxygens (including phenoxy) is 2. The van der Waals surface area contributed by atoms with E-state index < -0.39 is 17.4 Å². The summed E-state index contributed by atoms with van der Waals surface area (Å²) >= 11 is 0. The van der Waals surface area contributed by atoms with Crippen LogP contribution >= 0.6 is 0 Å². The van der Waals surface area contributed by atoms with Crippen LogP contribution < -0.4 is 0 Å². The van der Waals surface area contributed by atoms with Gasteiger partial charge < -0.3 is 9.47 Å². The largest absolute Gasteiger partial charge is 0.465 e. The fourth-order valence-corrected chi connectivity index (χ4v) is 1.48. The zero-order chi connectivity index (χ0) is 9.90. The summed E-state index contributed by atoms with van der Waals surface area (Å²) in [6.45, 7) is 4.14. The van der Waals surface area contributed by atoms with Crippen molar-refractivity contribution in [3.63, 3.8) is 0 Å². The predicted molar refractivity (Wildman–Crippen MR) is 44.9 cm³/mol. The third-order valence-electron chi connectivity index (χ3n) is 2.42. The highest BCUT2D eigenvalue weighted by Crippen LogP contribution is 2.34. The molecule has 1 rings (SSSR count). The lowest BCUT2D eigenvalue weighted by Crippen LogP contribution is -2.36. The maximum absolute atomic E-state index is 11.5. The van der Waals surface area contributed by atoms with Gasteiger partial charge >= 0.3 is 11.9 Å². The number of rotatable bonds is 3. The maximum Gasteiger partial charge on any atom is 0.323 e. The monoisotopic (exact) mass is 186 g/mol. The molecule has 1 saturated heterocycles. The quantitative estimate of drug-likeness (QED) is 0.485. The minimum absolute atomic E-state index is 0.299. The molecule has 0 saturated carbocycles. The van der Waals surface area contributed by atoms with Crippen LogP contribution in [0.2, 0.25) is 0 Å². The minimum Gasteiger partial charge on any atom is -0.465 e. The number of carbonyl (C=O) groups excluding carboxylic acids is 2. The SMILES string of the molecule is CCOC(=O)[C@]1(CC)CCOC1=O. The molecule has 1 heterocycles. The molecule has 0 N–H and O–H groups in total. The molecule has 0 spiro atoms. The lowest BCUT2D eigenvalue weighted by Gasteiger charge is -2.19.